The SMILES string of the molecule is COc1cccc(C(C)NC(=O)C(CO)N2Cc3ccc(-c4nc(NC(C)CO)ncc4Cl)cc3C2=O)c1. The second kappa shape index (κ2) is 11.8. The molecule has 0 fully saturated rings. The third-order valence-corrected chi connectivity index (χ3v) is 6.69. The largest absolute Gasteiger partial charge is 0.497 e. The highest BCUT2D eigenvalue weighted by molar-refractivity contribution is 6.33. The number of anilines is 1. The molecule has 4 rings (SSSR count). The molecule has 38 heavy (non-hydrogen) atoms. The lowest BCUT2D eigenvalue weighted by molar-refractivity contribution is -0.127. The summed E-state index contributed by atoms with van der Waals surface area (Å²) in [5.74, 6) is 0.124. The lowest BCUT2D eigenvalue weighted by atomic mass is 10.0. The van der Waals surface area contributed by atoms with Gasteiger partial charge in [0.2, 0.25) is 11.9 Å². The van der Waals surface area contributed by atoms with Crippen LogP contribution in [0.1, 0.15) is 41.4 Å². The summed E-state index contributed by atoms with van der Waals surface area (Å²) in [6, 6.07) is 10.9. The quantitative estimate of drug-likeness (QED) is 0.309. The number of ether oxygens (including phenoxy) is 1. The first-order valence-corrected chi connectivity index (χ1v) is 12.5. The number of nitrogens with zero attached hydrogens (tertiary/aromatic N) is 3. The molecule has 0 saturated heterocycles. The van der Waals surface area contributed by atoms with Crippen molar-refractivity contribution < 1.29 is 24.5 Å². The number of halogens is 1. The molecular weight excluding hydrogens is 510 g/mol. The predicted molar refractivity (Wildman–Crippen MR) is 143 cm³/mol. The van der Waals surface area contributed by atoms with Crippen molar-refractivity contribution in [3.8, 4) is 17.0 Å². The second-order valence-electron chi connectivity index (χ2n) is 9.13. The predicted octanol–water partition coefficient (Wildman–Crippen LogP) is 2.79. The minimum atomic E-state index is -1.06. The molecule has 1 aliphatic rings. The molecule has 3 unspecified atom stereocenters. The van der Waals surface area contributed by atoms with E-state index in [1.165, 1.54) is 11.1 Å². The third-order valence-electron chi connectivity index (χ3n) is 6.41. The summed E-state index contributed by atoms with van der Waals surface area (Å²) in [5.41, 5.74) is 2.99. The minimum Gasteiger partial charge on any atom is -0.497 e. The summed E-state index contributed by atoms with van der Waals surface area (Å²) in [6.45, 7) is 3.16. The molecule has 0 radical (unpaired) electrons. The number of rotatable bonds is 10. The van der Waals surface area contributed by atoms with Gasteiger partial charge in [0.15, 0.2) is 0 Å². The Morgan fingerprint density at radius 2 is 1.97 bits per heavy atom. The van der Waals surface area contributed by atoms with E-state index in [4.69, 9.17) is 16.3 Å². The molecule has 0 bridgehead atoms. The van der Waals surface area contributed by atoms with Crippen molar-refractivity contribution in [1.29, 1.82) is 0 Å². The van der Waals surface area contributed by atoms with Gasteiger partial charge in [0.05, 0.1) is 43.3 Å². The van der Waals surface area contributed by atoms with Crippen molar-refractivity contribution in [2.24, 2.45) is 0 Å². The van der Waals surface area contributed by atoms with Gasteiger partial charge in [-0.3, -0.25) is 9.59 Å². The van der Waals surface area contributed by atoms with Crippen LogP contribution in [0.25, 0.3) is 11.3 Å². The van der Waals surface area contributed by atoms with Crippen LogP contribution in [0.3, 0.4) is 0 Å². The van der Waals surface area contributed by atoms with Crippen LogP contribution in [0, 0.1) is 0 Å². The molecule has 0 saturated carbocycles. The number of benzene rings is 2. The van der Waals surface area contributed by atoms with Crippen molar-refractivity contribution in [1.82, 2.24) is 20.2 Å². The number of methoxy groups -OCH3 is 1. The number of fused-ring (bicyclic) bond motifs is 1. The Labute approximate surface area is 225 Å². The fraction of sp³-hybridized carbons (Fsp3) is 0.333. The van der Waals surface area contributed by atoms with Crippen LogP contribution in [0.15, 0.2) is 48.7 Å². The van der Waals surface area contributed by atoms with E-state index in [1.54, 1.807) is 32.2 Å². The maximum absolute atomic E-state index is 13.4. The number of nitrogens with one attached hydrogen (secondary N) is 2. The van der Waals surface area contributed by atoms with Crippen LogP contribution in [0.4, 0.5) is 5.95 Å². The number of aliphatic hydroxyl groups is 2. The normalized spacial score (nSPS) is 15.0. The highest BCUT2D eigenvalue weighted by atomic mass is 35.5. The second-order valence-corrected chi connectivity index (χ2v) is 9.54. The van der Waals surface area contributed by atoms with Gasteiger partial charge in [-0.2, -0.15) is 0 Å². The third kappa shape index (κ3) is 5.72. The Balaban J connectivity index is 1.53. The maximum atomic E-state index is 13.4. The highest BCUT2D eigenvalue weighted by Crippen LogP contribution is 2.32. The molecular formula is C27H30ClN5O5. The molecule has 200 valence electrons. The lowest BCUT2D eigenvalue weighted by Crippen LogP contribution is -2.49. The van der Waals surface area contributed by atoms with Crippen molar-refractivity contribution >= 4 is 29.4 Å². The minimum absolute atomic E-state index is 0.0948. The number of hydrogen-bond acceptors (Lipinski definition) is 8. The number of carbonyl (C=O) groups is 2. The molecule has 2 aromatic carbocycles. The number of hydrogen-bond donors (Lipinski definition) is 4. The molecule has 4 N–H and O–H groups in total. The van der Waals surface area contributed by atoms with Gasteiger partial charge in [-0.25, -0.2) is 9.97 Å². The summed E-state index contributed by atoms with van der Waals surface area (Å²) < 4.78 is 5.25. The molecule has 1 aromatic heterocycles. The van der Waals surface area contributed by atoms with E-state index >= 15 is 0 Å². The smallest absolute Gasteiger partial charge is 0.255 e. The summed E-state index contributed by atoms with van der Waals surface area (Å²) in [6.07, 6.45) is 1.45. The van der Waals surface area contributed by atoms with Crippen LogP contribution < -0.4 is 15.4 Å². The summed E-state index contributed by atoms with van der Waals surface area (Å²) in [4.78, 5) is 36.4. The molecule has 3 aromatic rings. The van der Waals surface area contributed by atoms with Gasteiger partial charge in [-0.15, -0.1) is 0 Å². The molecule has 0 aliphatic carbocycles. The van der Waals surface area contributed by atoms with E-state index in [1.807, 2.05) is 31.2 Å². The number of carbonyl (C=O) groups excluding carboxylic acids is 2. The zero-order valence-corrected chi connectivity index (χ0v) is 22.1. The molecule has 0 spiro atoms. The van der Waals surface area contributed by atoms with E-state index in [0.717, 1.165) is 11.1 Å². The van der Waals surface area contributed by atoms with E-state index < -0.39 is 18.6 Å². The summed E-state index contributed by atoms with van der Waals surface area (Å²) in [7, 11) is 1.57. The van der Waals surface area contributed by atoms with Gasteiger partial charge < -0.3 is 30.5 Å². The molecule has 2 heterocycles. The zero-order chi connectivity index (χ0) is 27.4. The van der Waals surface area contributed by atoms with Crippen molar-refractivity contribution in [2.45, 2.75) is 38.5 Å². The van der Waals surface area contributed by atoms with Gasteiger partial charge in [0, 0.05) is 23.7 Å². The Bertz CT molecular complexity index is 1340. The van der Waals surface area contributed by atoms with Crippen molar-refractivity contribution in [3.63, 3.8) is 0 Å². The highest BCUT2D eigenvalue weighted by Gasteiger charge is 2.37. The van der Waals surface area contributed by atoms with Crippen LogP contribution in [0.5, 0.6) is 5.75 Å². The Kier molecular flexibility index (Phi) is 8.45. The average Bonchev–Trinajstić information content (AvgIpc) is 3.25. The van der Waals surface area contributed by atoms with Crippen LogP contribution >= 0.6 is 11.6 Å². The fourth-order valence-electron chi connectivity index (χ4n) is 4.25. The molecule has 11 heteroatoms. The van der Waals surface area contributed by atoms with Gasteiger partial charge in [-0.1, -0.05) is 35.9 Å². The van der Waals surface area contributed by atoms with Crippen LogP contribution in [0.2, 0.25) is 5.02 Å². The average molecular weight is 540 g/mol. The van der Waals surface area contributed by atoms with Crippen LogP contribution in [-0.2, 0) is 11.3 Å². The van der Waals surface area contributed by atoms with Gasteiger partial charge in [0.1, 0.15) is 11.8 Å². The number of amides is 2. The molecule has 3 atom stereocenters. The Morgan fingerprint density at radius 1 is 1.18 bits per heavy atom. The standard InChI is InChI=1S/C27H30ClN5O5/c1-15(13-34)30-27-29-11-22(28)24(32-27)18-7-8-19-12-33(26(37)21(19)10-18)23(14-35)25(36)31-16(2)17-5-4-6-20(9-17)38-3/h4-11,15-16,23,34-35H,12-14H2,1-3H3,(H,31,36)(H,29,30,32). The summed E-state index contributed by atoms with van der Waals surface area (Å²) >= 11 is 6.36. The monoisotopic (exact) mass is 539 g/mol. The Hall–Kier alpha value is -3.73. The maximum Gasteiger partial charge on any atom is 0.255 e. The van der Waals surface area contributed by atoms with E-state index in [2.05, 4.69) is 20.6 Å². The van der Waals surface area contributed by atoms with Gasteiger partial charge >= 0.3 is 0 Å². The number of aromatic nitrogens is 2. The van der Waals surface area contributed by atoms with Crippen molar-refractivity contribution in [3.05, 3.63) is 70.4 Å². The molecule has 1 aliphatic heterocycles. The van der Waals surface area contributed by atoms with Crippen LogP contribution in [-0.4, -0.2) is 69.3 Å². The zero-order valence-electron chi connectivity index (χ0n) is 21.3. The first kappa shape index (κ1) is 27.3. The van der Waals surface area contributed by atoms with Crippen molar-refractivity contribution in [2.75, 3.05) is 25.6 Å². The Morgan fingerprint density at radius 3 is 2.68 bits per heavy atom. The van der Waals surface area contributed by atoms with Gasteiger partial charge in [-0.05, 0) is 43.2 Å². The molecule has 2 amide bonds. The first-order valence-electron chi connectivity index (χ1n) is 12.1. The summed E-state index contributed by atoms with van der Waals surface area (Å²) in [5, 5.41) is 25.5. The lowest BCUT2D eigenvalue weighted by Gasteiger charge is -2.27. The fourth-order valence-corrected chi connectivity index (χ4v) is 4.45. The van der Waals surface area contributed by atoms with Gasteiger partial charge in [0.25, 0.3) is 5.91 Å². The first-order chi connectivity index (χ1) is 18.2. The topological polar surface area (TPSA) is 137 Å². The van der Waals surface area contributed by atoms with E-state index in [-0.39, 0.29) is 31.1 Å². The molecule has 10 nitrogen and oxygen atoms in total. The van der Waals surface area contributed by atoms with E-state index in [9.17, 15) is 19.8 Å². The van der Waals surface area contributed by atoms with E-state index in [0.29, 0.717) is 33.5 Å². The number of aliphatic hydroxyl groups excluding tert-OH is 2.